The van der Waals surface area contributed by atoms with Crippen molar-refractivity contribution in [1.29, 1.82) is 0 Å². The lowest BCUT2D eigenvalue weighted by molar-refractivity contribution is 0.473. The molecule has 0 aliphatic rings. The molecule has 0 radical (unpaired) electrons. The van der Waals surface area contributed by atoms with Crippen molar-refractivity contribution in [2.75, 3.05) is 0 Å². The zero-order valence-electron chi connectivity index (χ0n) is 13.6. The molecule has 3 aromatic rings. The van der Waals surface area contributed by atoms with Gasteiger partial charge >= 0.3 is 0 Å². The van der Waals surface area contributed by atoms with E-state index in [2.05, 4.69) is 23.8 Å². The number of fused-ring (bicyclic) bond motifs is 1. The minimum Gasteiger partial charge on any atom is -0.457 e. The summed E-state index contributed by atoms with van der Waals surface area (Å²) in [6.07, 6.45) is 1.83. The first kappa shape index (κ1) is 16.7. The van der Waals surface area contributed by atoms with Crippen molar-refractivity contribution in [1.82, 2.24) is 14.6 Å². The fraction of sp³-hybridized carbons (Fsp3) is 0.278. The SMILES string of the molecule is CC(C)Cn1ncc2cc(Oc3ccc(F)cc3CNCl)ccc21. The van der Waals surface area contributed by atoms with Crippen molar-refractivity contribution >= 4 is 22.7 Å². The number of nitrogens with one attached hydrogen (secondary N) is 1. The molecule has 0 fully saturated rings. The zero-order valence-corrected chi connectivity index (χ0v) is 14.3. The average Bonchev–Trinajstić information content (AvgIpc) is 2.92. The zero-order chi connectivity index (χ0) is 17.1. The first-order chi connectivity index (χ1) is 11.6. The second-order valence-corrected chi connectivity index (χ2v) is 6.37. The van der Waals surface area contributed by atoms with Crippen LogP contribution < -0.4 is 9.57 Å². The Morgan fingerprint density at radius 3 is 2.83 bits per heavy atom. The first-order valence-corrected chi connectivity index (χ1v) is 8.20. The van der Waals surface area contributed by atoms with Gasteiger partial charge in [0.05, 0.1) is 11.7 Å². The lowest BCUT2D eigenvalue weighted by atomic mass is 10.2. The summed E-state index contributed by atoms with van der Waals surface area (Å²) in [7, 11) is 0. The van der Waals surface area contributed by atoms with Crippen LogP contribution in [0.3, 0.4) is 0 Å². The van der Waals surface area contributed by atoms with Gasteiger partial charge in [0.15, 0.2) is 0 Å². The topological polar surface area (TPSA) is 39.1 Å². The lowest BCUT2D eigenvalue weighted by Crippen LogP contribution is -2.05. The van der Waals surface area contributed by atoms with Gasteiger partial charge in [0.25, 0.3) is 0 Å². The second-order valence-electron chi connectivity index (χ2n) is 6.11. The third-order valence-electron chi connectivity index (χ3n) is 3.66. The van der Waals surface area contributed by atoms with E-state index in [9.17, 15) is 4.39 Å². The Labute approximate surface area is 145 Å². The van der Waals surface area contributed by atoms with E-state index in [0.29, 0.717) is 29.5 Å². The van der Waals surface area contributed by atoms with E-state index in [0.717, 1.165) is 17.4 Å². The standard InChI is InChI=1S/C18H19ClFN3O/c1-12(2)11-23-17-5-4-16(8-13(17)10-22-23)24-18-6-3-15(20)7-14(18)9-21-19/h3-8,10,12,21H,9,11H2,1-2H3. The molecule has 0 bridgehead atoms. The van der Waals surface area contributed by atoms with E-state index in [4.69, 9.17) is 16.5 Å². The molecule has 0 atom stereocenters. The Morgan fingerprint density at radius 2 is 2.08 bits per heavy atom. The molecule has 0 aliphatic carbocycles. The molecule has 1 heterocycles. The van der Waals surface area contributed by atoms with Crippen LogP contribution in [-0.4, -0.2) is 9.78 Å². The van der Waals surface area contributed by atoms with Crippen LogP contribution >= 0.6 is 11.8 Å². The van der Waals surface area contributed by atoms with Crippen LogP contribution in [0.15, 0.2) is 42.6 Å². The van der Waals surface area contributed by atoms with Crippen molar-refractivity contribution in [2.45, 2.75) is 26.9 Å². The van der Waals surface area contributed by atoms with Crippen molar-refractivity contribution in [3.8, 4) is 11.5 Å². The molecule has 126 valence electrons. The van der Waals surface area contributed by atoms with E-state index in [1.165, 1.54) is 12.1 Å². The largest absolute Gasteiger partial charge is 0.457 e. The molecule has 24 heavy (non-hydrogen) atoms. The number of halogens is 2. The Balaban J connectivity index is 1.88. The molecule has 0 spiro atoms. The monoisotopic (exact) mass is 347 g/mol. The highest BCUT2D eigenvalue weighted by molar-refractivity contribution is 6.13. The summed E-state index contributed by atoms with van der Waals surface area (Å²) < 4.78 is 21.3. The van der Waals surface area contributed by atoms with Gasteiger partial charge in [0, 0.05) is 24.0 Å². The van der Waals surface area contributed by atoms with Gasteiger partial charge in [-0.2, -0.15) is 5.10 Å². The molecular weight excluding hydrogens is 329 g/mol. The van der Waals surface area contributed by atoms with Crippen LogP contribution in [0.25, 0.3) is 10.9 Å². The molecule has 1 N–H and O–H groups in total. The second kappa shape index (κ2) is 7.20. The Morgan fingerprint density at radius 1 is 1.25 bits per heavy atom. The Kier molecular flexibility index (Phi) is 5.02. The van der Waals surface area contributed by atoms with E-state index in [1.807, 2.05) is 29.1 Å². The summed E-state index contributed by atoms with van der Waals surface area (Å²) in [6, 6.07) is 10.2. The first-order valence-electron chi connectivity index (χ1n) is 7.82. The molecule has 0 amide bonds. The van der Waals surface area contributed by atoms with Gasteiger partial charge in [-0.3, -0.25) is 4.68 Å². The van der Waals surface area contributed by atoms with E-state index in [-0.39, 0.29) is 5.82 Å². The number of nitrogens with zero attached hydrogens (tertiary/aromatic N) is 2. The summed E-state index contributed by atoms with van der Waals surface area (Å²) in [4.78, 5) is 2.50. The summed E-state index contributed by atoms with van der Waals surface area (Å²) in [6.45, 7) is 5.49. The van der Waals surface area contributed by atoms with Crippen molar-refractivity contribution in [3.05, 3.63) is 54.0 Å². The maximum absolute atomic E-state index is 13.4. The van der Waals surface area contributed by atoms with Crippen LogP contribution in [0.1, 0.15) is 19.4 Å². The highest BCUT2D eigenvalue weighted by Gasteiger charge is 2.09. The van der Waals surface area contributed by atoms with Gasteiger partial charge in [0.1, 0.15) is 17.3 Å². The van der Waals surface area contributed by atoms with Crippen molar-refractivity contribution in [3.63, 3.8) is 0 Å². The predicted octanol–water partition coefficient (Wildman–Crippen LogP) is 4.87. The predicted molar refractivity (Wildman–Crippen MR) is 93.7 cm³/mol. The fourth-order valence-electron chi connectivity index (χ4n) is 2.60. The van der Waals surface area contributed by atoms with Gasteiger partial charge in [-0.15, -0.1) is 0 Å². The highest BCUT2D eigenvalue weighted by atomic mass is 35.5. The van der Waals surface area contributed by atoms with Crippen molar-refractivity contribution < 1.29 is 9.13 Å². The number of aromatic nitrogens is 2. The smallest absolute Gasteiger partial charge is 0.132 e. The summed E-state index contributed by atoms with van der Waals surface area (Å²) in [5, 5.41) is 5.43. The summed E-state index contributed by atoms with van der Waals surface area (Å²) in [5.41, 5.74) is 1.72. The quantitative estimate of drug-likeness (QED) is 0.647. The molecule has 1 aromatic heterocycles. The van der Waals surface area contributed by atoms with E-state index in [1.54, 1.807) is 6.07 Å². The van der Waals surface area contributed by atoms with Crippen molar-refractivity contribution in [2.24, 2.45) is 5.92 Å². The lowest BCUT2D eigenvalue weighted by Gasteiger charge is -2.11. The van der Waals surface area contributed by atoms with Gasteiger partial charge in [-0.05, 0) is 54.1 Å². The summed E-state index contributed by atoms with van der Waals surface area (Å²) >= 11 is 5.55. The minimum absolute atomic E-state index is 0.309. The normalized spacial score (nSPS) is 11.4. The van der Waals surface area contributed by atoms with Crippen LogP contribution in [-0.2, 0) is 13.1 Å². The fourth-order valence-corrected chi connectivity index (χ4v) is 2.75. The van der Waals surface area contributed by atoms with Crippen LogP contribution in [0.5, 0.6) is 11.5 Å². The minimum atomic E-state index is -0.324. The number of benzene rings is 2. The van der Waals surface area contributed by atoms with Crippen LogP contribution in [0.2, 0.25) is 0 Å². The summed E-state index contributed by atoms with van der Waals surface area (Å²) in [5.74, 6) is 1.44. The molecule has 3 rings (SSSR count). The molecule has 0 aliphatic heterocycles. The number of hydrogen-bond donors (Lipinski definition) is 1. The third-order valence-corrected chi connectivity index (χ3v) is 3.79. The number of ether oxygens (including phenoxy) is 1. The highest BCUT2D eigenvalue weighted by Crippen LogP contribution is 2.29. The van der Waals surface area contributed by atoms with Crippen LogP contribution in [0.4, 0.5) is 4.39 Å². The third kappa shape index (κ3) is 3.68. The van der Waals surface area contributed by atoms with Gasteiger partial charge in [-0.25, -0.2) is 9.23 Å². The number of rotatable bonds is 6. The molecular formula is C18H19ClFN3O. The molecule has 0 saturated carbocycles. The number of hydrogen-bond acceptors (Lipinski definition) is 3. The van der Waals surface area contributed by atoms with Gasteiger partial charge < -0.3 is 4.74 Å². The average molecular weight is 348 g/mol. The maximum Gasteiger partial charge on any atom is 0.132 e. The molecule has 0 unspecified atom stereocenters. The Hall–Kier alpha value is -2.11. The van der Waals surface area contributed by atoms with Gasteiger partial charge in [-0.1, -0.05) is 13.8 Å². The molecule has 4 nitrogen and oxygen atoms in total. The molecule has 6 heteroatoms. The van der Waals surface area contributed by atoms with E-state index >= 15 is 0 Å². The van der Waals surface area contributed by atoms with E-state index < -0.39 is 0 Å². The Bertz CT molecular complexity index is 847. The molecule has 0 saturated heterocycles. The van der Waals surface area contributed by atoms with Gasteiger partial charge in [0.2, 0.25) is 0 Å². The van der Waals surface area contributed by atoms with Crippen LogP contribution in [0, 0.1) is 11.7 Å². The maximum atomic E-state index is 13.4. The molecule has 2 aromatic carbocycles.